The quantitative estimate of drug-likeness (QED) is 0.869. The molecule has 0 heterocycles. The summed E-state index contributed by atoms with van der Waals surface area (Å²) in [5, 5.41) is 0.821. The molecule has 0 aromatic heterocycles. The fraction of sp³-hybridized carbons (Fsp3) is 0.455. The molecule has 1 fully saturated rings. The Hall–Kier alpha value is -0.380. The second kappa shape index (κ2) is 3.83. The van der Waals surface area contributed by atoms with E-state index in [1.807, 2.05) is 0 Å². The minimum Gasteiger partial charge on any atom is -0.330 e. The lowest BCUT2D eigenvalue weighted by Crippen LogP contribution is -2.54. The van der Waals surface area contributed by atoms with Crippen LogP contribution in [-0.4, -0.2) is 12.5 Å². The minimum atomic E-state index is -2.65. The first kappa shape index (κ1) is 12.1. The van der Waals surface area contributed by atoms with Crippen molar-refractivity contribution in [1.82, 2.24) is 0 Å². The molecule has 0 atom stereocenters. The molecule has 1 saturated carbocycles. The molecule has 1 aromatic rings. The zero-order valence-electron chi connectivity index (χ0n) is 8.44. The molecule has 2 N–H and O–H groups in total. The summed E-state index contributed by atoms with van der Waals surface area (Å²) in [6.45, 7) is 0.131. The highest BCUT2D eigenvalue weighted by Gasteiger charge is 2.57. The summed E-state index contributed by atoms with van der Waals surface area (Å²) < 4.78 is 26.1. The maximum absolute atomic E-state index is 13.0. The summed E-state index contributed by atoms with van der Waals surface area (Å²) in [4.78, 5) is 0. The molecule has 0 aliphatic heterocycles. The molecular formula is C11H11Cl2F2N. The predicted molar refractivity (Wildman–Crippen MR) is 61.4 cm³/mol. The third kappa shape index (κ3) is 1.81. The Bertz CT molecular complexity index is 392. The predicted octanol–water partition coefficient (Wildman–Crippen LogP) is 3.62. The molecule has 0 unspecified atom stereocenters. The van der Waals surface area contributed by atoms with Crippen LogP contribution in [0.3, 0.4) is 0 Å². The van der Waals surface area contributed by atoms with Crippen molar-refractivity contribution in [2.75, 3.05) is 6.54 Å². The van der Waals surface area contributed by atoms with E-state index in [0.29, 0.717) is 15.6 Å². The number of hydrogen-bond acceptors (Lipinski definition) is 1. The van der Waals surface area contributed by atoms with Crippen LogP contribution in [0.25, 0.3) is 0 Å². The fourth-order valence-corrected chi connectivity index (χ4v) is 3.16. The van der Waals surface area contributed by atoms with Crippen molar-refractivity contribution >= 4 is 23.2 Å². The zero-order valence-corrected chi connectivity index (χ0v) is 9.95. The van der Waals surface area contributed by atoms with Gasteiger partial charge in [-0.05, 0) is 17.7 Å². The smallest absolute Gasteiger partial charge is 0.250 e. The summed E-state index contributed by atoms with van der Waals surface area (Å²) in [6, 6.07) is 4.99. The molecule has 16 heavy (non-hydrogen) atoms. The summed E-state index contributed by atoms with van der Waals surface area (Å²) in [5.74, 6) is -2.65. The molecule has 1 aliphatic carbocycles. The lowest BCUT2D eigenvalue weighted by molar-refractivity contribution is -0.123. The molecule has 0 radical (unpaired) electrons. The standard InChI is InChI=1S/C11H11Cl2F2N/c12-7-2-1-3-8(13)9(7)10(6-16)4-11(14,15)5-10/h1-3H,4-6,16H2. The summed E-state index contributed by atoms with van der Waals surface area (Å²) in [6.07, 6.45) is -0.556. The van der Waals surface area contributed by atoms with Gasteiger partial charge in [0.2, 0.25) is 5.92 Å². The van der Waals surface area contributed by atoms with E-state index in [1.165, 1.54) is 0 Å². The summed E-state index contributed by atoms with van der Waals surface area (Å²) in [7, 11) is 0. The van der Waals surface area contributed by atoms with Crippen LogP contribution in [0.4, 0.5) is 8.78 Å². The van der Waals surface area contributed by atoms with Crippen molar-refractivity contribution in [2.24, 2.45) is 5.73 Å². The van der Waals surface area contributed by atoms with Crippen molar-refractivity contribution in [3.05, 3.63) is 33.8 Å². The summed E-state index contributed by atoms with van der Waals surface area (Å²) in [5.41, 5.74) is 5.41. The molecule has 5 heteroatoms. The van der Waals surface area contributed by atoms with Gasteiger partial charge in [0.25, 0.3) is 0 Å². The van der Waals surface area contributed by atoms with Crippen LogP contribution in [-0.2, 0) is 5.41 Å². The Labute approximate surface area is 103 Å². The number of hydrogen-bond donors (Lipinski definition) is 1. The topological polar surface area (TPSA) is 26.0 Å². The second-order valence-corrected chi connectivity index (χ2v) is 5.11. The van der Waals surface area contributed by atoms with Gasteiger partial charge >= 0.3 is 0 Å². The van der Waals surface area contributed by atoms with E-state index in [1.54, 1.807) is 18.2 Å². The van der Waals surface area contributed by atoms with Crippen LogP contribution >= 0.6 is 23.2 Å². The number of halogens is 4. The molecule has 88 valence electrons. The number of benzene rings is 1. The van der Waals surface area contributed by atoms with Crippen molar-refractivity contribution in [2.45, 2.75) is 24.2 Å². The maximum Gasteiger partial charge on any atom is 0.250 e. The Morgan fingerprint density at radius 3 is 2.06 bits per heavy atom. The largest absolute Gasteiger partial charge is 0.330 e. The average molecular weight is 266 g/mol. The van der Waals surface area contributed by atoms with Crippen molar-refractivity contribution in [1.29, 1.82) is 0 Å². The van der Waals surface area contributed by atoms with Gasteiger partial charge in [-0.1, -0.05) is 29.3 Å². The molecule has 2 rings (SSSR count). The van der Waals surface area contributed by atoms with Crippen LogP contribution in [0.1, 0.15) is 18.4 Å². The minimum absolute atomic E-state index is 0.131. The van der Waals surface area contributed by atoms with Gasteiger partial charge in [0.05, 0.1) is 0 Å². The molecule has 0 amide bonds. The molecule has 1 nitrogen and oxygen atoms in total. The van der Waals surface area contributed by atoms with Crippen molar-refractivity contribution < 1.29 is 8.78 Å². The molecule has 1 aliphatic rings. The molecular weight excluding hydrogens is 255 g/mol. The zero-order chi connectivity index (χ0) is 12.0. The highest BCUT2D eigenvalue weighted by Crippen LogP contribution is 2.55. The number of nitrogens with two attached hydrogens (primary N) is 1. The van der Waals surface area contributed by atoms with E-state index in [2.05, 4.69) is 0 Å². The van der Waals surface area contributed by atoms with Gasteiger partial charge in [-0.2, -0.15) is 0 Å². The van der Waals surface area contributed by atoms with E-state index in [9.17, 15) is 8.78 Å². The Kier molecular flexibility index (Phi) is 2.89. The van der Waals surface area contributed by atoms with Gasteiger partial charge in [-0.3, -0.25) is 0 Å². The van der Waals surface area contributed by atoms with Gasteiger partial charge in [-0.15, -0.1) is 0 Å². The lowest BCUT2D eigenvalue weighted by atomic mass is 9.62. The first-order valence-corrected chi connectivity index (χ1v) is 5.68. The second-order valence-electron chi connectivity index (χ2n) is 4.29. The molecule has 0 saturated heterocycles. The highest BCUT2D eigenvalue weighted by atomic mass is 35.5. The van der Waals surface area contributed by atoms with Gasteiger partial charge in [0, 0.05) is 34.8 Å². The highest BCUT2D eigenvalue weighted by molar-refractivity contribution is 6.36. The Balaban J connectivity index is 2.43. The first-order chi connectivity index (χ1) is 7.40. The monoisotopic (exact) mass is 265 g/mol. The normalized spacial score (nSPS) is 21.6. The van der Waals surface area contributed by atoms with Crippen LogP contribution in [0.15, 0.2) is 18.2 Å². The van der Waals surface area contributed by atoms with E-state index < -0.39 is 11.3 Å². The SMILES string of the molecule is NCC1(c2c(Cl)cccc2Cl)CC(F)(F)C1. The van der Waals surface area contributed by atoms with E-state index >= 15 is 0 Å². The average Bonchev–Trinajstić information content (AvgIpc) is 2.13. The molecule has 1 aromatic carbocycles. The summed E-state index contributed by atoms with van der Waals surface area (Å²) >= 11 is 12.0. The number of alkyl halides is 2. The molecule has 0 bridgehead atoms. The maximum atomic E-state index is 13.0. The van der Waals surface area contributed by atoms with Gasteiger partial charge in [-0.25, -0.2) is 8.78 Å². The Morgan fingerprint density at radius 2 is 1.69 bits per heavy atom. The third-order valence-corrected chi connectivity index (χ3v) is 3.71. The molecule has 0 spiro atoms. The lowest BCUT2D eigenvalue weighted by Gasteiger charge is -2.47. The van der Waals surface area contributed by atoms with Gasteiger partial charge in [0.1, 0.15) is 0 Å². The number of rotatable bonds is 2. The van der Waals surface area contributed by atoms with E-state index in [-0.39, 0.29) is 19.4 Å². The van der Waals surface area contributed by atoms with Crippen molar-refractivity contribution in [3.8, 4) is 0 Å². The van der Waals surface area contributed by atoms with Crippen LogP contribution in [0.2, 0.25) is 10.0 Å². The first-order valence-electron chi connectivity index (χ1n) is 4.93. The van der Waals surface area contributed by atoms with Crippen molar-refractivity contribution in [3.63, 3.8) is 0 Å². The van der Waals surface area contributed by atoms with Crippen LogP contribution in [0, 0.1) is 0 Å². The Morgan fingerprint density at radius 1 is 1.19 bits per heavy atom. The van der Waals surface area contributed by atoms with Gasteiger partial charge < -0.3 is 5.73 Å². The van der Waals surface area contributed by atoms with E-state index in [4.69, 9.17) is 28.9 Å². The van der Waals surface area contributed by atoms with Crippen LogP contribution in [0.5, 0.6) is 0 Å². The fourth-order valence-electron chi connectivity index (χ4n) is 2.37. The third-order valence-electron chi connectivity index (χ3n) is 3.08. The van der Waals surface area contributed by atoms with Crippen LogP contribution < -0.4 is 5.73 Å². The van der Waals surface area contributed by atoms with Gasteiger partial charge in [0.15, 0.2) is 0 Å². The van der Waals surface area contributed by atoms with E-state index in [0.717, 1.165) is 0 Å².